The third-order valence-corrected chi connectivity index (χ3v) is 4.04. The van der Waals surface area contributed by atoms with Crippen LogP contribution in [0.4, 0.5) is 0 Å². The largest absolute Gasteiger partial charge is 0.489 e. The second-order valence-electron chi connectivity index (χ2n) is 5.68. The summed E-state index contributed by atoms with van der Waals surface area (Å²) in [6.07, 6.45) is 4.77. The summed E-state index contributed by atoms with van der Waals surface area (Å²) in [6.45, 7) is 11.4. The first-order valence-corrected chi connectivity index (χ1v) is 8.12. The number of carbonyl (C=O) groups is 2. The predicted octanol–water partition coefficient (Wildman–Crippen LogP) is 4.23. The van der Waals surface area contributed by atoms with Gasteiger partial charge in [0, 0.05) is 11.1 Å². The zero-order chi connectivity index (χ0) is 18.7. The first-order valence-electron chi connectivity index (χ1n) is 8.12. The predicted molar refractivity (Wildman–Crippen MR) is 101 cm³/mol. The zero-order valence-electron chi connectivity index (χ0n) is 14.3. The van der Waals surface area contributed by atoms with Crippen LogP contribution in [0.3, 0.4) is 0 Å². The molecule has 0 unspecified atom stereocenters. The van der Waals surface area contributed by atoms with E-state index >= 15 is 0 Å². The molecule has 0 heterocycles. The van der Waals surface area contributed by atoms with Gasteiger partial charge in [-0.1, -0.05) is 50.1 Å². The van der Waals surface area contributed by atoms with Gasteiger partial charge in [-0.2, -0.15) is 0 Å². The number of benzene rings is 2. The summed E-state index contributed by atoms with van der Waals surface area (Å²) >= 11 is 0. The first-order chi connectivity index (χ1) is 12.6. The molecule has 0 atom stereocenters. The van der Waals surface area contributed by atoms with Crippen molar-refractivity contribution >= 4 is 17.6 Å². The quantitative estimate of drug-likeness (QED) is 0.601. The fraction of sp³-hybridized carbons (Fsp3) is 0.0909. The second-order valence-corrected chi connectivity index (χ2v) is 5.68. The van der Waals surface area contributed by atoms with E-state index in [1.807, 2.05) is 0 Å². The van der Waals surface area contributed by atoms with Gasteiger partial charge < -0.3 is 9.47 Å². The van der Waals surface area contributed by atoms with E-state index in [2.05, 4.69) is 19.7 Å². The van der Waals surface area contributed by atoms with Gasteiger partial charge in [0.15, 0.2) is 5.78 Å². The van der Waals surface area contributed by atoms with Crippen molar-refractivity contribution in [2.24, 2.45) is 0 Å². The lowest BCUT2D eigenvalue weighted by Crippen LogP contribution is -2.23. The van der Waals surface area contributed by atoms with Gasteiger partial charge in [-0.05, 0) is 23.8 Å². The van der Waals surface area contributed by atoms with Gasteiger partial charge in [0.2, 0.25) is 5.78 Å². The minimum absolute atomic E-state index is 0.218. The molecule has 0 saturated carbocycles. The van der Waals surface area contributed by atoms with E-state index in [0.29, 0.717) is 28.2 Å². The summed E-state index contributed by atoms with van der Waals surface area (Å²) < 4.78 is 11.2. The molecule has 2 aromatic carbocycles. The van der Waals surface area contributed by atoms with Crippen molar-refractivity contribution in [3.8, 4) is 11.5 Å². The molecule has 4 heteroatoms. The molecule has 0 N–H and O–H groups in total. The minimum atomic E-state index is -0.302. The first kappa shape index (κ1) is 17.4. The van der Waals surface area contributed by atoms with Gasteiger partial charge in [-0.3, -0.25) is 9.59 Å². The summed E-state index contributed by atoms with van der Waals surface area (Å²) in [4.78, 5) is 26.3. The lowest BCUT2D eigenvalue weighted by molar-refractivity contribution is 0.0973. The fourth-order valence-electron chi connectivity index (χ4n) is 2.92. The Kier molecular flexibility index (Phi) is 4.85. The molecule has 26 heavy (non-hydrogen) atoms. The molecule has 2 aromatic rings. The molecule has 1 aliphatic rings. The molecular formula is C22H18O4. The van der Waals surface area contributed by atoms with E-state index in [0.717, 1.165) is 0 Å². The highest BCUT2D eigenvalue weighted by atomic mass is 16.5. The Morgan fingerprint density at radius 3 is 2.12 bits per heavy atom. The molecule has 3 rings (SSSR count). The molecule has 0 saturated heterocycles. The molecule has 0 bridgehead atoms. The molecular weight excluding hydrogens is 328 g/mol. The molecule has 1 aliphatic carbocycles. The topological polar surface area (TPSA) is 52.6 Å². The Labute approximate surface area is 152 Å². The molecule has 0 spiro atoms. The Balaban J connectivity index is 2.22. The van der Waals surface area contributed by atoms with Crippen LogP contribution in [-0.4, -0.2) is 24.8 Å². The van der Waals surface area contributed by atoms with Gasteiger partial charge in [0.25, 0.3) is 0 Å². The van der Waals surface area contributed by atoms with Crippen molar-refractivity contribution in [3.05, 3.63) is 90.0 Å². The van der Waals surface area contributed by atoms with Crippen molar-refractivity contribution in [1.29, 1.82) is 0 Å². The van der Waals surface area contributed by atoms with Gasteiger partial charge in [0.1, 0.15) is 24.7 Å². The van der Waals surface area contributed by atoms with Crippen molar-refractivity contribution in [2.45, 2.75) is 0 Å². The summed E-state index contributed by atoms with van der Waals surface area (Å²) in [6, 6.07) is 8.34. The Morgan fingerprint density at radius 2 is 1.46 bits per heavy atom. The van der Waals surface area contributed by atoms with E-state index in [4.69, 9.17) is 9.47 Å². The normalized spacial score (nSPS) is 12.0. The highest BCUT2D eigenvalue weighted by Crippen LogP contribution is 2.38. The maximum absolute atomic E-state index is 13.2. The molecule has 0 fully saturated rings. The SMILES string of the molecule is C=CCOc1cccc2c1C(=O)c1c(OCC=C)cc(C=C)cc1C2=O. The highest BCUT2D eigenvalue weighted by Gasteiger charge is 2.35. The van der Waals surface area contributed by atoms with Crippen LogP contribution in [-0.2, 0) is 0 Å². The van der Waals surface area contributed by atoms with Crippen LogP contribution in [0, 0.1) is 0 Å². The number of carbonyl (C=O) groups excluding carboxylic acids is 2. The lowest BCUT2D eigenvalue weighted by Gasteiger charge is -2.22. The Hall–Kier alpha value is -3.40. The fourth-order valence-corrected chi connectivity index (χ4v) is 2.92. The number of rotatable bonds is 7. The van der Waals surface area contributed by atoms with E-state index in [1.54, 1.807) is 48.6 Å². The number of hydrogen-bond donors (Lipinski definition) is 0. The van der Waals surface area contributed by atoms with Crippen LogP contribution >= 0.6 is 0 Å². The third-order valence-electron chi connectivity index (χ3n) is 4.04. The Morgan fingerprint density at radius 1 is 0.808 bits per heavy atom. The van der Waals surface area contributed by atoms with Crippen LogP contribution in [0.1, 0.15) is 37.4 Å². The molecule has 0 aliphatic heterocycles. The molecule has 130 valence electrons. The summed E-state index contributed by atoms with van der Waals surface area (Å²) in [5.41, 5.74) is 1.82. The van der Waals surface area contributed by atoms with E-state index in [1.165, 1.54) is 0 Å². The van der Waals surface area contributed by atoms with E-state index in [9.17, 15) is 9.59 Å². The minimum Gasteiger partial charge on any atom is -0.489 e. The average molecular weight is 346 g/mol. The van der Waals surface area contributed by atoms with Crippen molar-refractivity contribution < 1.29 is 19.1 Å². The highest BCUT2D eigenvalue weighted by molar-refractivity contribution is 6.30. The molecule has 0 aromatic heterocycles. The number of hydrogen-bond acceptors (Lipinski definition) is 4. The smallest absolute Gasteiger partial charge is 0.201 e. The van der Waals surface area contributed by atoms with E-state index < -0.39 is 0 Å². The standard InChI is InChI=1S/C22H18O4/c1-4-10-25-17-9-7-8-15-19(17)22(24)20-16(21(15)23)12-14(6-3)13-18(20)26-11-5-2/h4-9,12-13H,1-3,10-11H2. The van der Waals surface area contributed by atoms with Crippen LogP contribution in [0.25, 0.3) is 6.08 Å². The molecule has 0 amide bonds. The number of fused-ring (bicyclic) bond motifs is 2. The number of ether oxygens (including phenoxy) is 2. The zero-order valence-corrected chi connectivity index (χ0v) is 14.3. The van der Waals surface area contributed by atoms with Crippen LogP contribution in [0.15, 0.2) is 62.2 Å². The molecule has 4 nitrogen and oxygen atoms in total. The lowest BCUT2D eigenvalue weighted by atomic mass is 9.82. The van der Waals surface area contributed by atoms with Crippen molar-refractivity contribution in [2.75, 3.05) is 13.2 Å². The summed E-state index contributed by atoms with van der Waals surface area (Å²) in [7, 11) is 0. The van der Waals surface area contributed by atoms with Crippen LogP contribution in [0.2, 0.25) is 0 Å². The van der Waals surface area contributed by atoms with Gasteiger partial charge in [-0.15, -0.1) is 0 Å². The molecule has 0 radical (unpaired) electrons. The maximum Gasteiger partial charge on any atom is 0.201 e. The van der Waals surface area contributed by atoms with Gasteiger partial charge in [-0.25, -0.2) is 0 Å². The second kappa shape index (κ2) is 7.23. The van der Waals surface area contributed by atoms with Gasteiger partial charge in [0.05, 0.1) is 11.1 Å². The third kappa shape index (κ3) is 2.86. The summed E-state index contributed by atoms with van der Waals surface area (Å²) in [5, 5.41) is 0. The monoisotopic (exact) mass is 346 g/mol. The van der Waals surface area contributed by atoms with Crippen LogP contribution < -0.4 is 9.47 Å². The Bertz CT molecular complexity index is 937. The number of ketones is 2. The van der Waals surface area contributed by atoms with E-state index in [-0.39, 0.29) is 35.9 Å². The van der Waals surface area contributed by atoms with Crippen molar-refractivity contribution in [3.63, 3.8) is 0 Å². The maximum atomic E-state index is 13.2. The van der Waals surface area contributed by atoms with Gasteiger partial charge >= 0.3 is 0 Å². The van der Waals surface area contributed by atoms with Crippen LogP contribution in [0.5, 0.6) is 11.5 Å². The van der Waals surface area contributed by atoms with Crippen molar-refractivity contribution in [1.82, 2.24) is 0 Å². The summed E-state index contributed by atoms with van der Waals surface area (Å²) in [5.74, 6) is 0.142. The average Bonchev–Trinajstić information content (AvgIpc) is 2.67.